The Balaban J connectivity index is 1.56. The Morgan fingerprint density at radius 3 is 2.58 bits per heavy atom. The van der Waals surface area contributed by atoms with Crippen LogP contribution in [0.3, 0.4) is 0 Å². The maximum Gasteiger partial charge on any atom is 0.220 e. The van der Waals surface area contributed by atoms with Crippen LogP contribution in [0.4, 0.5) is 0 Å². The van der Waals surface area contributed by atoms with Crippen LogP contribution in [0, 0.1) is 6.92 Å². The third kappa shape index (κ3) is 4.04. The lowest BCUT2D eigenvalue weighted by Gasteiger charge is -2.07. The molecule has 0 aliphatic heterocycles. The number of tetrazole rings is 1. The molecule has 0 aliphatic rings. The first-order chi connectivity index (χ1) is 11.7. The lowest BCUT2D eigenvalue weighted by atomic mass is 10.1. The van der Waals surface area contributed by atoms with Crippen LogP contribution in [0.15, 0.2) is 54.6 Å². The van der Waals surface area contributed by atoms with E-state index in [9.17, 15) is 4.79 Å². The molecule has 0 saturated heterocycles. The quantitative estimate of drug-likeness (QED) is 0.755. The standard InChI is InChI=1S/C18H19N5O/c1-14-7-10-16(11-8-14)23-17(20-21-22-23)13-19-18(24)12-9-15-5-3-2-4-6-15/h2-8,10-11H,9,12-13H2,1H3,(H,19,24). The maximum atomic E-state index is 12.0. The topological polar surface area (TPSA) is 72.7 Å². The second kappa shape index (κ2) is 7.50. The van der Waals surface area contributed by atoms with Gasteiger partial charge in [0.1, 0.15) is 0 Å². The predicted molar refractivity (Wildman–Crippen MR) is 90.5 cm³/mol. The average molecular weight is 321 g/mol. The van der Waals surface area contributed by atoms with Crippen LogP contribution in [-0.4, -0.2) is 26.1 Å². The fraction of sp³-hybridized carbons (Fsp3) is 0.222. The minimum atomic E-state index is -0.0164. The van der Waals surface area contributed by atoms with Crippen molar-refractivity contribution in [3.8, 4) is 5.69 Å². The van der Waals surface area contributed by atoms with Gasteiger partial charge < -0.3 is 5.32 Å². The highest BCUT2D eigenvalue weighted by Gasteiger charge is 2.10. The second-order valence-electron chi connectivity index (χ2n) is 5.60. The third-order valence-electron chi connectivity index (χ3n) is 3.74. The summed E-state index contributed by atoms with van der Waals surface area (Å²) in [4.78, 5) is 12.0. The highest BCUT2D eigenvalue weighted by Crippen LogP contribution is 2.09. The molecule has 3 rings (SSSR count). The van der Waals surface area contributed by atoms with Crippen LogP contribution < -0.4 is 5.32 Å². The number of hydrogen-bond acceptors (Lipinski definition) is 4. The zero-order valence-corrected chi connectivity index (χ0v) is 13.5. The van der Waals surface area contributed by atoms with Gasteiger partial charge in [-0.1, -0.05) is 48.0 Å². The molecule has 0 spiro atoms. The van der Waals surface area contributed by atoms with Gasteiger partial charge in [-0.15, -0.1) is 5.10 Å². The third-order valence-corrected chi connectivity index (χ3v) is 3.74. The van der Waals surface area contributed by atoms with E-state index in [1.54, 1.807) is 4.68 Å². The molecule has 0 fully saturated rings. The van der Waals surface area contributed by atoms with Crippen molar-refractivity contribution in [3.63, 3.8) is 0 Å². The molecule has 1 amide bonds. The van der Waals surface area contributed by atoms with Gasteiger partial charge in [-0.3, -0.25) is 4.79 Å². The summed E-state index contributed by atoms with van der Waals surface area (Å²) >= 11 is 0. The van der Waals surface area contributed by atoms with Gasteiger partial charge in [0.15, 0.2) is 5.82 Å². The van der Waals surface area contributed by atoms with Gasteiger partial charge in [0.05, 0.1) is 12.2 Å². The normalized spacial score (nSPS) is 10.5. The first-order valence-electron chi connectivity index (χ1n) is 7.87. The highest BCUT2D eigenvalue weighted by atomic mass is 16.1. The van der Waals surface area contributed by atoms with E-state index in [2.05, 4.69) is 20.8 Å². The molecule has 0 saturated carbocycles. The molecule has 3 aromatic rings. The van der Waals surface area contributed by atoms with Crippen molar-refractivity contribution >= 4 is 5.91 Å². The van der Waals surface area contributed by atoms with Crippen LogP contribution in [0.5, 0.6) is 0 Å². The van der Waals surface area contributed by atoms with Crippen LogP contribution in [0.1, 0.15) is 23.4 Å². The van der Waals surface area contributed by atoms with Gasteiger partial charge >= 0.3 is 0 Å². The molecule has 0 aliphatic carbocycles. The number of aryl methyl sites for hydroxylation is 2. The summed E-state index contributed by atoms with van der Waals surface area (Å²) in [6.07, 6.45) is 1.16. The van der Waals surface area contributed by atoms with Crippen LogP contribution in [0.25, 0.3) is 5.69 Å². The average Bonchev–Trinajstić information content (AvgIpc) is 3.08. The van der Waals surface area contributed by atoms with E-state index in [1.165, 1.54) is 5.56 Å². The van der Waals surface area contributed by atoms with E-state index < -0.39 is 0 Å². The largest absolute Gasteiger partial charge is 0.349 e. The number of nitrogens with zero attached hydrogens (tertiary/aromatic N) is 4. The molecule has 0 atom stereocenters. The SMILES string of the molecule is Cc1ccc(-n2nnnc2CNC(=O)CCc2ccccc2)cc1. The Morgan fingerprint density at radius 1 is 1.08 bits per heavy atom. The minimum Gasteiger partial charge on any atom is -0.349 e. The number of rotatable bonds is 6. The van der Waals surface area contributed by atoms with E-state index in [0.717, 1.165) is 17.7 Å². The summed E-state index contributed by atoms with van der Waals surface area (Å²) < 4.78 is 1.64. The monoisotopic (exact) mass is 321 g/mol. The molecule has 6 nitrogen and oxygen atoms in total. The number of benzene rings is 2. The van der Waals surface area contributed by atoms with E-state index in [0.29, 0.717) is 18.8 Å². The molecule has 2 aromatic carbocycles. The highest BCUT2D eigenvalue weighted by molar-refractivity contribution is 5.76. The zero-order valence-electron chi connectivity index (χ0n) is 13.5. The van der Waals surface area contributed by atoms with E-state index in [-0.39, 0.29) is 5.91 Å². The summed E-state index contributed by atoms with van der Waals surface area (Å²) in [6.45, 7) is 2.33. The number of hydrogen-bond donors (Lipinski definition) is 1. The number of nitrogens with one attached hydrogen (secondary N) is 1. The molecule has 0 bridgehead atoms. The summed E-state index contributed by atoms with van der Waals surface area (Å²) in [7, 11) is 0. The van der Waals surface area contributed by atoms with Crippen molar-refractivity contribution < 1.29 is 4.79 Å². The molecular formula is C18H19N5O. The molecule has 24 heavy (non-hydrogen) atoms. The van der Waals surface area contributed by atoms with Crippen molar-refractivity contribution in [2.24, 2.45) is 0 Å². The molecule has 0 radical (unpaired) electrons. The van der Waals surface area contributed by atoms with Gasteiger partial charge in [0.2, 0.25) is 5.91 Å². The first-order valence-corrected chi connectivity index (χ1v) is 7.87. The van der Waals surface area contributed by atoms with Gasteiger partial charge in [0.25, 0.3) is 0 Å². The Hall–Kier alpha value is -3.02. The van der Waals surface area contributed by atoms with Crippen LogP contribution in [0.2, 0.25) is 0 Å². The van der Waals surface area contributed by atoms with Gasteiger partial charge in [-0.2, -0.15) is 4.68 Å². The predicted octanol–water partition coefficient (Wildman–Crippen LogP) is 2.22. The Labute approximate surface area is 140 Å². The van der Waals surface area contributed by atoms with Crippen molar-refractivity contribution in [2.75, 3.05) is 0 Å². The molecule has 0 unspecified atom stereocenters. The van der Waals surface area contributed by atoms with Crippen molar-refractivity contribution in [1.82, 2.24) is 25.5 Å². The Bertz CT molecular complexity index is 796. The van der Waals surface area contributed by atoms with Crippen molar-refractivity contribution in [2.45, 2.75) is 26.3 Å². The first kappa shape index (κ1) is 15.9. The van der Waals surface area contributed by atoms with Gasteiger partial charge in [0, 0.05) is 6.42 Å². The van der Waals surface area contributed by atoms with Crippen LogP contribution >= 0.6 is 0 Å². The summed E-state index contributed by atoms with van der Waals surface area (Å²) in [5.41, 5.74) is 3.19. The maximum absolute atomic E-state index is 12.0. The number of aromatic nitrogens is 4. The van der Waals surface area contributed by atoms with Gasteiger partial charge in [-0.25, -0.2) is 0 Å². The van der Waals surface area contributed by atoms with E-state index in [4.69, 9.17) is 0 Å². The van der Waals surface area contributed by atoms with Crippen molar-refractivity contribution in [1.29, 1.82) is 0 Å². The second-order valence-corrected chi connectivity index (χ2v) is 5.60. The van der Waals surface area contributed by atoms with Crippen LogP contribution in [-0.2, 0) is 17.8 Å². The minimum absolute atomic E-state index is 0.0164. The fourth-order valence-electron chi connectivity index (χ4n) is 2.37. The Kier molecular flexibility index (Phi) is 4.96. The summed E-state index contributed by atoms with van der Waals surface area (Å²) in [5.74, 6) is 0.587. The molecule has 122 valence electrons. The molecular weight excluding hydrogens is 302 g/mol. The fourth-order valence-corrected chi connectivity index (χ4v) is 2.37. The molecule has 1 aromatic heterocycles. The van der Waals surface area contributed by atoms with E-state index in [1.807, 2.05) is 61.5 Å². The van der Waals surface area contributed by atoms with Gasteiger partial charge in [-0.05, 0) is 41.5 Å². The smallest absolute Gasteiger partial charge is 0.220 e. The zero-order chi connectivity index (χ0) is 16.8. The molecule has 6 heteroatoms. The number of carbonyl (C=O) groups excluding carboxylic acids is 1. The molecule has 1 N–H and O–H groups in total. The lowest BCUT2D eigenvalue weighted by Crippen LogP contribution is -2.25. The lowest BCUT2D eigenvalue weighted by molar-refractivity contribution is -0.121. The number of carbonyl (C=O) groups is 1. The van der Waals surface area contributed by atoms with Crippen molar-refractivity contribution in [3.05, 3.63) is 71.5 Å². The van der Waals surface area contributed by atoms with E-state index >= 15 is 0 Å². The Morgan fingerprint density at radius 2 is 1.83 bits per heavy atom. The summed E-state index contributed by atoms with van der Waals surface area (Å²) in [6, 6.07) is 17.9. The molecule has 1 heterocycles. The number of amides is 1. The summed E-state index contributed by atoms with van der Waals surface area (Å²) in [5, 5.41) is 14.6.